The number of nitrogens with one attached hydrogen (secondary N) is 2. The number of ether oxygens (including phenoxy) is 3. The average molecular weight is 578 g/mol. The molecule has 0 atom stereocenters. The van der Waals surface area contributed by atoms with Crippen LogP contribution in [0.25, 0.3) is 10.9 Å². The second-order valence-electron chi connectivity index (χ2n) is 9.52. The zero-order chi connectivity index (χ0) is 28.4. The van der Waals surface area contributed by atoms with Gasteiger partial charge in [0.05, 0.1) is 25.4 Å². The third-order valence-electron chi connectivity index (χ3n) is 6.62. The molecule has 11 heteroatoms. The van der Waals surface area contributed by atoms with E-state index in [1.54, 1.807) is 31.5 Å². The van der Waals surface area contributed by atoms with E-state index in [4.69, 9.17) is 14.2 Å². The number of hydrazone groups is 1. The van der Waals surface area contributed by atoms with Crippen LogP contribution in [0, 0.1) is 5.82 Å². The summed E-state index contributed by atoms with van der Waals surface area (Å²) in [5.41, 5.74) is 3.23. The number of nitrogens with zero attached hydrogens (tertiary/aromatic N) is 3. The Hall–Kier alpha value is -4.22. The predicted octanol–water partition coefficient (Wildman–Crippen LogP) is 6.65. The largest absolute Gasteiger partial charge is 0.493 e. The molecule has 214 valence electrons. The van der Waals surface area contributed by atoms with Crippen molar-refractivity contribution in [3.63, 3.8) is 0 Å². The van der Waals surface area contributed by atoms with Gasteiger partial charge < -0.3 is 24.4 Å². The normalized spacial score (nSPS) is 13.8. The molecule has 0 spiro atoms. The van der Waals surface area contributed by atoms with Gasteiger partial charge in [0.15, 0.2) is 23.1 Å². The van der Waals surface area contributed by atoms with Crippen LogP contribution in [0.15, 0.2) is 65.2 Å². The highest BCUT2D eigenvalue weighted by atomic mass is 32.1. The van der Waals surface area contributed by atoms with Crippen LogP contribution in [0.1, 0.15) is 30.6 Å². The number of thiophene rings is 1. The van der Waals surface area contributed by atoms with Gasteiger partial charge >= 0.3 is 6.03 Å². The van der Waals surface area contributed by atoms with Crippen molar-refractivity contribution in [2.24, 2.45) is 5.10 Å². The van der Waals surface area contributed by atoms with E-state index in [0.29, 0.717) is 34.8 Å². The number of likely N-dealkylation sites (tertiary alicyclic amines) is 1. The molecule has 2 amide bonds. The molecular weight excluding hydrogens is 545 g/mol. The Bertz CT molecular complexity index is 1490. The number of carbonyl (C=O) groups excluding carboxylic acids is 1. The second-order valence-corrected chi connectivity index (χ2v) is 10.5. The molecule has 2 N–H and O–H groups in total. The highest BCUT2D eigenvalue weighted by Crippen LogP contribution is 2.38. The van der Waals surface area contributed by atoms with Crippen molar-refractivity contribution in [1.82, 2.24) is 15.3 Å². The molecule has 0 aliphatic carbocycles. The van der Waals surface area contributed by atoms with Crippen LogP contribution in [-0.4, -0.2) is 55.5 Å². The van der Waals surface area contributed by atoms with Crippen molar-refractivity contribution in [1.29, 1.82) is 0 Å². The zero-order valence-electron chi connectivity index (χ0n) is 22.8. The molecule has 0 bridgehead atoms. The first-order valence-corrected chi connectivity index (χ1v) is 14.4. The summed E-state index contributed by atoms with van der Waals surface area (Å²) in [5, 5.41) is 8.97. The van der Waals surface area contributed by atoms with E-state index >= 15 is 0 Å². The van der Waals surface area contributed by atoms with Gasteiger partial charge in [-0.3, -0.25) is 4.98 Å². The molecule has 0 saturated carbocycles. The fourth-order valence-corrected chi connectivity index (χ4v) is 5.19. The SMILES string of the molecule is COc1cc2c(Oc3ccc(NC(=O)N/N=C/c4cccs4)cc3F)ccnc2cc1OCCCN1CCCCC1. The number of piperidine rings is 1. The van der Waals surface area contributed by atoms with E-state index in [-0.39, 0.29) is 11.4 Å². The molecular formula is C30H32FN5O4S. The zero-order valence-corrected chi connectivity index (χ0v) is 23.6. The number of urea groups is 1. The number of amides is 2. The Kier molecular flexibility index (Phi) is 9.61. The van der Waals surface area contributed by atoms with Crippen LogP contribution in [0.2, 0.25) is 0 Å². The van der Waals surface area contributed by atoms with Crippen LogP contribution < -0.4 is 25.0 Å². The molecule has 1 fully saturated rings. The summed E-state index contributed by atoms with van der Waals surface area (Å²) in [6.45, 7) is 3.90. The minimum absolute atomic E-state index is 0.00354. The van der Waals surface area contributed by atoms with Gasteiger partial charge in [-0.05, 0) is 68.1 Å². The Morgan fingerprint density at radius 3 is 2.76 bits per heavy atom. The Labute approximate surface area is 241 Å². The molecule has 1 aliphatic heterocycles. The smallest absolute Gasteiger partial charge is 0.339 e. The van der Waals surface area contributed by atoms with Crippen molar-refractivity contribution in [2.75, 3.05) is 38.7 Å². The number of benzene rings is 2. The van der Waals surface area contributed by atoms with Crippen molar-refractivity contribution < 1.29 is 23.4 Å². The quantitative estimate of drug-likeness (QED) is 0.118. The van der Waals surface area contributed by atoms with Crippen LogP contribution in [0.5, 0.6) is 23.0 Å². The van der Waals surface area contributed by atoms with Crippen molar-refractivity contribution >= 4 is 40.2 Å². The first-order valence-electron chi connectivity index (χ1n) is 13.5. The van der Waals surface area contributed by atoms with E-state index in [1.807, 2.05) is 23.6 Å². The number of hydrogen-bond acceptors (Lipinski definition) is 8. The lowest BCUT2D eigenvalue weighted by Gasteiger charge is -2.26. The number of halogens is 1. The third-order valence-corrected chi connectivity index (χ3v) is 7.43. The molecule has 0 radical (unpaired) electrons. The van der Waals surface area contributed by atoms with Gasteiger partial charge in [0, 0.05) is 40.8 Å². The molecule has 2 aromatic heterocycles. The molecule has 0 unspecified atom stereocenters. The van der Waals surface area contributed by atoms with E-state index < -0.39 is 11.8 Å². The number of methoxy groups -OCH3 is 1. The maximum Gasteiger partial charge on any atom is 0.339 e. The summed E-state index contributed by atoms with van der Waals surface area (Å²) in [4.78, 5) is 19.9. The lowest BCUT2D eigenvalue weighted by atomic mass is 10.1. The molecule has 1 saturated heterocycles. The van der Waals surface area contributed by atoms with E-state index in [9.17, 15) is 9.18 Å². The number of pyridine rings is 1. The number of fused-ring (bicyclic) bond motifs is 1. The Balaban J connectivity index is 1.22. The highest BCUT2D eigenvalue weighted by Gasteiger charge is 2.15. The van der Waals surface area contributed by atoms with Gasteiger partial charge in [0.25, 0.3) is 0 Å². The number of anilines is 1. The lowest BCUT2D eigenvalue weighted by molar-refractivity contribution is 0.203. The fourth-order valence-electron chi connectivity index (χ4n) is 4.60. The summed E-state index contributed by atoms with van der Waals surface area (Å²) >= 11 is 1.49. The summed E-state index contributed by atoms with van der Waals surface area (Å²) < 4.78 is 32.5. The van der Waals surface area contributed by atoms with Crippen molar-refractivity contribution in [3.8, 4) is 23.0 Å². The maximum absolute atomic E-state index is 15.0. The van der Waals surface area contributed by atoms with E-state index in [0.717, 1.165) is 30.9 Å². The third kappa shape index (κ3) is 7.71. The summed E-state index contributed by atoms with van der Waals surface area (Å²) in [7, 11) is 1.58. The minimum Gasteiger partial charge on any atom is -0.493 e. The van der Waals surface area contributed by atoms with Gasteiger partial charge in [-0.15, -0.1) is 11.3 Å². The minimum atomic E-state index is -0.643. The first kappa shape index (κ1) is 28.3. The molecule has 2 aromatic carbocycles. The fraction of sp³-hybridized carbons (Fsp3) is 0.300. The van der Waals surface area contributed by atoms with E-state index in [2.05, 4.69) is 25.7 Å². The molecule has 4 aromatic rings. The molecule has 41 heavy (non-hydrogen) atoms. The van der Waals surface area contributed by atoms with Crippen molar-refractivity contribution in [2.45, 2.75) is 25.7 Å². The van der Waals surface area contributed by atoms with Gasteiger partial charge in [-0.25, -0.2) is 14.6 Å². The van der Waals surface area contributed by atoms with Crippen LogP contribution >= 0.6 is 11.3 Å². The summed E-state index contributed by atoms with van der Waals surface area (Å²) in [6, 6.07) is 12.6. The van der Waals surface area contributed by atoms with Gasteiger partial charge in [0.1, 0.15) is 5.75 Å². The highest BCUT2D eigenvalue weighted by molar-refractivity contribution is 7.11. The van der Waals surface area contributed by atoms with Crippen LogP contribution in [-0.2, 0) is 0 Å². The molecule has 5 rings (SSSR count). The predicted molar refractivity (Wildman–Crippen MR) is 159 cm³/mol. The standard InChI is InChI=1S/C30H32FN5O4S/c1-38-28-18-23-25(19-29(28)39-15-6-14-36-12-3-2-4-13-36)32-11-10-26(23)40-27-9-8-21(17-24(27)31)34-30(37)35-33-20-22-7-5-16-41-22/h5,7-11,16-20H,2-4,6,12-15H2,1H3,(H2,34,35,37)/b33-20+. The molecule has 9 nitrogen and oxygen atoms in total. The van der Waals surface area contributed by atoms with Crippen LogP contribution in [0.4, 0.5) is 14.9 Å². The maximum atomic E-state index is 15.0. The summed E-state index contributed by atoms with van der Waals surface area (Å²) in [5.74, 6) is 0.904. The number of carbonyl (C=O) groups is 1. The number of rotatable bonds is 11. The molecule has 1 aliphatic rings. The first-order chi connectivity index (χ1) is 20.1. The van der Waals surface area contributed by atoms with Gasteiger partial charge in [0.2, 0.25) is 0 Å². The van der Waals surface area contributed by atoms with Gasteiger partial charge in [-0.1, -0.05) is 12.5 Å². The Morgan fingerprint density at radius 2 is 1.98 bits per heavy atom. The number of aromatic nitrogens is 1. The monoisotopic (exact) mass is 577 g/mol. The lowest BCUT2D eigenvalue weighted by Crippen LogP contribution is -2.31. The topological polar surface area (TPSA) is 97.3 Å². The van der Waals surface area contributed by atoms with Crippen LogP contribution in [0.3, 0.4) is 0 Å². The summed E-state index contributed by atoms with van der Waals surface area (Å²) in [6.07, 6.45) is 7.90. The molecule has 3 heterocycles. The van der Waals surface area contributed by atoms with E-state index in [1.165, 1.54) is 48.9 Å². The average Bonchev–Trinajstić information content (AvgIpc) is 3.50. The van der Waals surface area contributed by atoms with Gasteiger partial charge in [-0.2, -0.15) is 5.10 Å². The second kappa shape index (κ2) is 13.9. The van der Waals surface area contributed by atoms with Crippen molar-refractivity contribution in [3.05, 3.63) is 70.8 Å². The Morgan fingerprint density at radius 1 is 1.10 bits per heavy atom. The number of hydrogen-bond donors (Lipinski definition) is 2.